The molecule has 0 radical (unpaired) electrons. The van der Waals surface area contributed by atoms with Gasteiger partial charge in [0.05, 0.1) is 25.7 Å². The fourth-order valence-corrected chi connectivity index (χ4v) is 4.36. The summed E-state index contributed by atoms with van der Waals surface area (Å²) in [6.45, 7) is 3.94. The lowest BCUT2D eigenvalue weighted by atomic mass is 10.1. The number of H-pyrrole nitrogens is 1. The van der Waals surface area contributed by atoms with Gasteiger partial charge in [0, 0.05) is 41.6 Å². The molecule has 2 aromatic heterocycles. The number of hydrogen-bond donors (Lipinski definition) is 2. The Bertz CT molecular complexity index is 853. The van der Waals surface area contributed by atoms with Gasteiger partial charge in [-0.05, 0) is 23.1 Å². The second-order valence-electron chi connectivity index (χ2n) is 6.52. The van der Waals surface area contributed by atoms with E-state index in [1.165, 1.54) is 4.88 Å². The Hall–Kier alpha value is -2.15. The van der Waals surface area contributed by atoms with E-state index in [1.807, 2.05) is 24.4 Å². The van der Waals surface area contributed by atoms with Crippen LogP contribution in [0.1, 0.15) is 16.5 Å². The predicted molar refractivity (Wildman–Crippen MR) is 104 cm³/mol. The zero-order valence-electron chi connectivity index (χ0n) is 14.6. The first-order valence-corrected chi connectivity index (χ1v) is 9.86. The average Bonchev–Trinajstić information content (AvgIpc) is 3.34. The van der Waals surface area contributed by atoms with E-state index in [2.05, 4.69) is 38.8 Å². The van der Waals surface area contributed by atoms with Crippen molar-refractivity contribution in [2.24, 2.45) is 0 Å². The van der Waals surface area contributed by atoms with Crippen LogP contribution in [0, 0.1) is 0 Å². The predicted octanol–water partition coefficient (Wildman–Crippen LogP) is 2.96. The molecule has 3 heterocycles. The fourth-order valence-electron chi connectivity index (χ4n) is 3.50. The number of aromatic nitrogens is 1. The highest BCUT2D eigenvalue weighted by Gasteiger charge is 2.24. The third kappa shape index (κ3) is 3.82. The Labute approximate surface area is 157 Å². The number of morpholine rings is 1. The molecule has 2 N–H and O–H groups in total. The first kappa shape index (κ1) is 17.3. The summed E-state index contributed by atoms with van der Waals surface area (Å²) in [7, 11) is 0. The number of ether oxygens (including phenoxy) is 1. The molecule has 26 heavy (non-hydrogen) atoms. The van der Waals surface area contributed by atoms with Crippen LogP contribution in [0.25, 0.3) is 10.9 Å². The fraction of sp³-hybridized carbons (Fsp3) is 0.350. The number of rotatable bonds is 6. The summed E-state index contributed by atoms with van der Waals surface area (Å²) in [5.41, 5.74) is 2.11. The van der Waals surface area contributed by atoms with Crippen LogP contribution in [0.2, 0.25) is 0 Å². The van der Waals surface area contributed by atoms with E-state index in [9.17, 15) is 4.79 Å². The van der Waals surface area contributed by atoms with Gasteiger partial charge in [-0.25, -0.2) is 0 Å². The standard InChI is InChI=1S/C20H23N3O2S/c24-20(12-15-13-21-17-5-2-1-4-16(15)17)22-14-18(19-6-3-11-26-19)23-7-9-25-10-8-23/h1-6,11,13,18,21H,7-10,12,14H2,(H,22,24)/t18-/m1/s1. The van der Waals surface area contributed by atoms with Crippen molar-refractivity contribution in [3.63, 3.8) is 0 Å². The molecule has 0 bridgehead atoms. The average molecular weight is 369 g/mol. The summed E-state index contributed by atoms with van der Waals surface area (Å²) in [4.78, 5) is 19.5. The van der Waals surface area contributed by atoms with Crippen LogP contribution in [0.3, 0.4) is 0 Å². The first-order chi connectivity index (χ1) is 12.8. The second kappa shape index (κ2) is 8.03. The number of hydrogen-bond acceptors (Lipinski definition) is 4. The van der Waals surface area contributed by atoms with Crippen LogP contribution in [-0.2, 0) is 16.0 Å². The molecule has 5 nitrogen and oxygen atoms in total. The smallest absolute Gasteiger partial charge is 0.224 e. The van der Waals surface area contributed by atoms with Crippen LogP contribution >= 0.6 is 11.3 Å². The summed E-state index contributed by atoms with van der Waals surface area (Å²) in [5.74, 6) is 0.0598. The molecule has 1 atom stereocenters. The zero-order valence-corrected chi connectivity index (χ0v) is 15.4. The lowest BCUT2D eigenvalue weighted by Gasteiger charge is -2.34. The highest BCUT2D eigenvalue weighted by atomic mass is 32.1. The lowest BCUT2D eigenvalue weighted by molar-refractivity contribution is -0.120. The maximum absolute atomic E-state index is 12.5. The minimum absolute atomic E-state index is 0.0598. The Kier molecular flexibility index (Phi) is 5.34. The van der Waals surface area contributed by atoms with Crippen LogP contribution < -0.4 is 5.32 Å². The quantitative estimate of drug-likeness (QED) is 0.702. The van der Waals surface area contributed by atoms with Gasteiger partial charge in [0.1, 0.15) is 0 Å². The van der Waals surface area contributed by atoms with Crippen LogP contribution in [0.15, 0.2) is 48.0 Å². The van der Waals surface area contributed by atoms with Gasteiger partial charge >= 0.3 is 0 Å². The molecular formula is C20H23N3O2S. The highest BCUT2D eigenvalue weighted by Crippen LogP contribution is 2.25. The van der Waals surface area contributed by atoms with Gasteiger partial charge in [-0.3, -0.25) is 9.69 Å². The van der Waals surface area contributed by atoms with Crippen molar-refractivity contribution < 1.29 is 9.53 Å². The van der Waals surface area contributed by atoms with Crippen molar-refractivity contribution in [3.05, 3.63) is 58.4 Å². The van der Waals surface area contributed by atoms with Crippen molar-refractivity contribution in [1.29, 1.82) is 0 Å². The van der Waals surface area contributed by atoms with Gasteiger partial charge < -0.3 is 15.0 Å². The van der Waals surface area contributed by atoms with Crippen molar-refractivity contribution in [1.82, 2.24) is 15.2 Å². The molecule has 4 rings (SSSR count). The van der Waals surface area contributed by atoms with Gasteiger partial charge in [-0.2, -0.15) is 0 Å². The molecule has 1 fully saturated rings. The Morgan fingerprint density at radius 2 is 2.08 bits per heavy atom. The number of carbonyl (C=O) groups excluding carboxylic acids is 1. The number of nitrogens with one attached hydrogen (secondary N) is 2. The van der Waals surface area contributed by atoms with Gasteiger partial charge in [-0.1, -0.05) is 24.3 Å². The van der Waals surface area contributed by atoms with Gasteiger partial charge in [0.15, 0.2) is 0 Å². The summed E-state index contributed by atoms with van der Waals surface area (Å²) in [6.07, 6.45) is 2.33. The summed E-state index contributed by atoms with van der Waals surface area (Å²) < 4.78 is 5.47. The van der Waals surface area contributed by atoms with E-state index in [1.54, 1.807) is 11.3 Å². The topological polar surface area (TPSA) is 57.4 Å². The van der Waals surface area contributed by atoms with Gasteiger partial charge in [-0.15, -0.1) is 11.3 Å². The number of thiophene rings is 1. The van der Waals surface area contributed by atoms with Crippen molar-refractivity contribution in [2.45, 2.75) is 12.5 Å². The third-order valence-electron chi connectivity index (χ3n) is 4.88. The molecule has 1 saturated heterocycles. The molecule has 6 heteroatoms. The zero-order chi connectivity index (χ0) is 17.8. The maximum atomic E-state index is 12.5. The molecule has 136 valence electrons. The molecule has 1 aromatic carbocycles. The highest BCUT2D eigenvalue weighted by molar-refractivity contribution is 7.10. The number of fused-ring (bicyclic) bond motifs is 1. The number of carbonyl (C=O) groups is 1. The summed E-state index contributed by atoms with van der Waals surface area (Å²) in [6, 6.07) is 12.5. The van der Waals surface area contributed by atoms with Crippen LogP contribution in [-0.4, -0.2) is 48.6 Å². The Morgan fingerprint density at radius 1 is 1.23 bits per heavy atom. The summed E-state index contributed by atoms with van der Waals surface area (Å²) >= 11 is 1.74. The van der Waals surface area contributed by atoms with Crippen molar-refractivity contribution in [3.8, 4) is 0 Å². The number of nitrogens with zero attached hydrogens (tertiary/aromatic N) is 1. The molecule has 1 aliphatic heterocycles. The molecule has 0 spiro atoms. The molecule has 0 unspecified atom stereocenters. The van der Waals surface area contributed by atoms with Crippen LogP contribution in [0.4, 0.5) is 0 Å². The van der Waals surface area contributed by atoms with E-state index in [0.717, 1.165) is 42.8 Å². The van der Waals surface area contributed by atoms with E-state index >= 15 is 0 Å². The number of para-hydroxylation sites is 1. The molecule has 0 aliphatic carbocycles. The molecule has 0 saturated carbocycles. The number of amides is 1. The minimum Gasteiger partial charge on any atom is -0.379 e. The number of aromatic amines is 1. The largest absolute Gasteiger partial charge is 0.379 e. The normalized spacial score (nSPS) is 16.6. The first-order valence-electron chi connectivity index (χ1n) is 8.98. The second-order valence-corrected chi connectivity index (χ2v) is 7.50. The van der Waals surface area contributed by atoms with E-state index in [4.69, 9.17) is 4.74 Å². The molecular weight excluding hydrogens is 346 g/mol. The van der Waals surface area contributed by atoms with E-state index in [-0.39, 0.29) is 11.9 Å². The van der Waals surface area contributed by atoms with Crippen molar-refractivity contribution in [2.75, 3.05) is 32.8 Å². The van der Waals surface area contributed by atoms with Gasteiger partial charge in [0.2, 0.25) is 5.91 Å². The number of benzene rings is 1. The van der Waals surface area contributed by atoms with Crippen molar-refractivity contribution >= 4 is 28.1 Å². The minimum atomic E-state index is 0.0598. The SMILES string of the molecule is O=C(Cc1c[nH]c2ccccc12)NC[C@H](c1cccs1)N1CCOCC1. The molecule has 1 aliphatic rings. The molecule has 1 amide bonds. The lowest BCUT2D eigenvalue weighted by Crippen LogP contribution is -2.43. The van der Waals surface area contributed by atoms with Gasteiger partial charge in [0.25, 0.3) is 0 Å². The maximum Gasteiger partial charge on any atom is 0.224 e. The Morgan fingerprint density at radius 3 is 2.88 bits per heavy atom. The van der Waals surface area contributed by atoms with E-state index < -0.39 is 0 Å². The van der Waals surface area contributed by atoms with E-state index in [0.29, 0.717) is 13.0 Å². The van der Waals surface area contributed by atoms with Crippen LogP contribution in [0.5, 0.6) is 0 Å². The summed E-state index contributed by atoms with van der Waals surface area (Å²) in [5, 5.41) is 6.35. The molecule has 3 aromatic rings. The third-order valence-corrected chi connectivity index (χ3v) is 5.85. The Balaban J connectivity index is 1.41. The monoisotopic (exact) mass is 369 g/mol.